The molecule has 1 aliphatic carbocycles. The lowest BCUT2D eigenvalue weighted by molar-refractivity contribution is -0.130. The molecule has 2 aliphatic rings. The number of nitrogens with one attached hydrogen (secondary N) is 1. The number of aliphatic hydroxyl groups excluding tert-OH is 2. The Morgan fingerprint density at radius 1 is 0.976 bits per heavy atom. The van der Waals surface area contributed by atoms with Crippen LogP contribution in [0.5, 0.6) is 5.75 Å². The maximum absolute atomic E-state index is 14.5. The normalized spacial score (nSPS) is 23.9. The minimum Gasteiger partial charge on any atom is -0.494 e. The van der Waals surface area contributed by atoms with Gasteiger partial charge < -0.3 is 25.0 Å². The van der Waals surface area contributed by atoms with Gasteiger partial charge in [0.2, 0.25) is 5.90 Å². The molecule has 9 heteroatoms. The SMILES string of the molecule is O=C(NC1CCC(O)CC1)[C@]1(Cc2ccccc2Br)N=C(c2ccc(OCCCO)cc2)O[C@@H]1c1ccccc1Br. The number of aliphatic hydroxyl groups is 2. The summed E-state index contributed by atoms with van der Waals surface area (Å²) in [4.78, 5) is 19.6. The van der Waals surface area contributed by atoms with Crippen molar-refractivity contribution in [1.29, 1.82) is 0 Å². The molecule has 3 N–H and O–H groups in total. The molecule has 0 spiro atoms. The highest BCUT2D eigenvalue weighted by Gasteiger charge is 2.54. The van der Waals surface area contributed by atoms with Crippen molar-refractivity contribution in [2.75, 3.05) is 13.2 Å². The van der Waals surface area contributed by atoms with Gasteiger partial charge in [0, 0.05) is 45.6 Å². The smallest absolute Gasteiger partial charge is 0.252 e. The predicted octanol–water partition coefficient (Wildman–Crippen LogP) is 5.89. The third-order valence-corrected chi connectivity index (χ3v) is 9.16. The third-order valence-electron chi connectivity index (χ3n) is 7.67. The van der Waals surface area contributed by atoms with E-state index in [-0.39, 0.29) is 24.7 Å². The lowest BCUT2D eigenvalue weighted by atomic mass is 9.81. The highest BCUT2D eigenvalue weighted by atomic mass is 79.9. The van der Waals surface area contributed by atoms with Gasteiger partial charge in [0.15, 0.2) is 11.6 Å². The molecule has 5 rings (SSSR count). The molecule has 1 heterocycles. The zero-order valence-corrected chi connectivity index (χ0v) is 25.8. The van der Waals surface area contributed by atoms with Gasteiger partial charge in [-0.25, -0.2) is 4.99 Å². The summed E-state index contributed by atoms with van der Waals surface area (Å²) in [6.07, 6.45) is 2.60. The van der Waals surface area contributed by atoms with Crippen molar-refractivity contribution in [3.63, 3.8) is 0 Å². The lowest BCUT2D eigenvalue weighted by Gasteiger charge is -2.34. The summed E-state index contributed by atoms with van der Waals surface area (Å²) in [5, 5.41) is 22.3. The van der Waals surface area contributed by atoms with Gasteiger partial charge in [0.05, 0.1) is 12.7 Å². The number of benzene rings is 3. The molecule has 0 unspecified atom stereocenters. The molecule has 41 heavy (non-hydrogen) atoms. The van der Waals surface area contributed by atoms with Gasteiger partial charge >= 0.3 is 0 Å². The molecule has 1 amide bonds. The van der Waals surface area contributed by atoms with Gasteiger partial charge in [-0.2, -0.15) is 0 Å². The Labute approximate surface area is 257 Å². The number of ether oxygens (including phenoxy) is 2. The van der Waals surface area contributed by atoms with E-state index in [1.807, 2.05) is 72.8 Å². The minimum atomic E-state index is -1.30. The molecular formula is C32H34Br2N2O5. The van der Waals surface area contributed by atoms with Crippen LogP contribution in [0.25, 0.3) is 0 Å². The van der Waals surface area contributed by atoms with Crippen LogP contribution >= 0.6 is 31.9 Å². The summed E-state index contributed by atoms with van der Waals surface area (Å²) in [6.45, 7) is 0.493. The van der Waals surface area contributed by atoms with E-state index in [1.54, 1.807) is 0 Å². The Bertz CT molecular complexity index is 1370. The quantitative estimate of drug-likeness (QED) is 0.231. The second kappa shape index (κ2) is 13.5. The molecule has 0 radical (unpaired) electrons. The highest BCUT2D eigenvalue weighted by Crippen LogP contribution is 2.45. The molecular weight excluding hydrogens is 652 g/mol. The van der Waals surface area contributed by atoms with Crippen LogP contribution < -0.4 is 10.1 Å². The van der Waals surface area contributed by atoms with Crippen LogP contribution in [-0.4, -0.2) is 52.9 Å². The first kappa shape index (κ1) is 29.8. The average Bonchev–Trinajstić information content (AvgIpc) is 3.36. The summed E-state index contributed by atoms with van der Waals surface area (Å²) >= 11 is 7.37. The van der Waals surface area contributed by atoms with Gasteiger partial charge in [-0.1, -0.05) is 68.3 Å². The summed E-state index contributed by atoms with van der Waals surface area (Å²) < 4.78 is 14.1. The van der Waals surface area contributed by atoms with Crippen LogP contribution in [0.15, 0.2) is 86.7 Å². The van der Waals surface area contributed by atoms with Gasteiger partial charge in [-0.05, 0) is 67.6 Å². The van der Waals surface area contributed by atoms with E-state index in [2.05, 4.69) is 37.2 Å². The maximum Gasteiger partial charge on any atom is 0.252 e. The highest BCUT2D eigenvalue weighted by molar-refractivity contribution is 9.10. The summed E-state index contributed by atoms with van der Waals surface area (Å²) in [6, 6.07) is 23.0. The number of halogens is 2. The van der Waals surface area contributed by atoms with Gasteiger partial charge in [-0.3, -0.25) is 4.79 Å². The number of rotatable bonds is 10. The number of carbonyl (C=O) groups is 1. The largest absolute Gasteiger partial charge is 0.494 e. The Kier molecular flexibility index (Phi) is 9.80. The molecule has 0 aromatic heterocycles. The van der Waals surface area contributed by atoms with Crippen molar-refractivity contribution in [2.24, 2.45) is 4.99 Å². The van der Waals surface area contributed by atoms with E-state index in [1.165, 1.54) is 0 Å². The number of amides is 1. The summed E-state index contributed by atoms with van der Waals surface area (Å²) in [5.74, 6) is 0.864. The fourth-order valence-corrected chi connectivity index (χ4v) is 6.33. The second-order valence-electron chi connectivity index (χ2n) is 10.6. The van der Waals surface area contributed by atoms with Crippen LogP contribution in [0, 0.1) is 0 Å². The molecule has 1 fully saturated rings. The molecule has 0 bridgehead atoms. The molecule has 2 atom stereocenters. The number of hydrogen-bond donors (Lipinski definition) is 3. The van der Waals surface area contributed by atoms with Crippen molar-refractivity contribution in [1.82, 2.24) is 5.32 Å². The zero-order chi connectivity index (χ0) is 28.8. The molecule has 3 aromatic carbocycles. The molecule has 3 aromatic rings. The lowest BCUT2D eigenvalue weighted by Crippen LogP contribution is -2.53. The predicted molar refractivity (Wildman–Crippen MR) is 165 cm³/mol. The number of aliphatic imine (C=N–C) groups is 1. The first-order valence-electron chi connectivity index (χ1n) is 14.0. The van der Waals surface area contributed by atoms with Crippen molar-refractivity contribution in [3.8, 4) is 5.75 Å². The van der Waals surface area contributed by atoms with Crippen LogP contribution in [-0.2, 0) is 16.0 Å². The summed E-state index contributed by atoms with van der Waals surface area (Å²) in [5.41, 5.74) is 1.21. The summed E-state index contributed by atoms with van der Waals surface area (Å²) in [7, 11) is 0. The number of nitrogens with zero attached hydrogens (tertiary/aromatic N) is 1. The number of hydrogen-bond acceptors (Lipinski definition) is 6. The van der Waals surface area contributed by atoms with Crippen LogP contribution in [0.3, 0.4) is 0 Å². The topological polar surface area (TPSA) is 100 Å². The van der Waals surface area contributed by atoms with Crippen LogP contribution in [0.1, 0.15) is 54.9 Å². The third kappa shape index (κ3) is 6.85. The Hall–Kier alpha value is -2.72. The fraction of sp³-hybridized carbons (Fsp3) is 0.375. The monoisotopic (exact) mass is 684 g/mol. The Balaban J connectivity index is 1.56. The van der Waals surface area contributed by atoms with Gasteiger partial charge in [0.25, 0.3) is 5.91 Å². The van der Waals surface area contributed by atoms with Crippen molar-refractivity contribution < 1.29 is 24.5 Å². The minimum absolute atomic E-state index is 0.0449. The first-order chi connectivity index (χ1) is 19.9. The van der Waals surface area contributed by atoms with Crippen molar-refractivity contribution in [3.05, 3.63) is 98.4 Å². The van der Waals surface area contributed by atoms with E-state index in [0.717, 1.165) is 25.6 Å². The second-order valence-corrected chi connectivity index (χ2v) is 12.3. The van der Waals surface area contributed by atoms with E-state index < -0.39 is 11.6 Å². The van der Waals surface area contributed by atoms with E-state index in [9.17, 15) is 9.90 Å². The standard InChI is InChI=1S/C32H34Br2N2O5/c33-27-8-3-1-6-22(27)20-32(31(39)35-23-12-14-24(38)15-13-23)29(26-7-2-4-9-28(26)34)41-30(36-32)21-10-16-25(17-11-21)40-19-5-18-37/h1-4,6-11,16-17,23-24,29,37-38H,5,12-15,18-20H2,(H,35,39)/t23?,24?,29-,32-/m1/s1. The molecule has 1 saturated carbocycles. The van der Waals surface area contributed by atoms with Gasteiger partial charge in [0.1, 0.15) is 5.75 Å². The van der Waals surface area contributed by atoms with E-state index >= 15 is 0 Å². The van der Waals surface area contributed by atoms with Gasteiger partial charge in [-0.15, -0.1) is 0 Å². The van der Waals surface area contributed by atoms with Crippen LogP contribution in [0.2, 0.25) is 0 Å². The van der Waals surface area contributed by atoms with Crippen molar-refractivity contribution in [2.45, 2.75) is 62.3 Å². The molecule has 0 saturated heterocycles. The molecule has 216 valence electrons. The molecule has 1 aliphatic heterocycles. The average molecular weight is 686 g/mol. The fourth-order valence-electron chi connectivity index (χ4n) is 5.41. The van der Waals surface area contributed by atoms with Crippen molar-refractivity contribution >= 4 is 43.7 Å². The number of carbonyl (C=O) groups excluding carboxylic acids is 1. The van der Waals surface area contributed by atoms with E-state index in [0.29, 0.717) is 56.8 Å². The molecule has 7 nitrogen and oxygen atoms in total. The maximum atomic E-state index is 14.5. The zero-order valence-electron chi connectivity index (χ0n) is 22.6. The Morgan fingerprint density at radius 2 is 1.66 bits per heavy atom. The Morgan fingerprint density at radius 3 is 2.34 bits per heavy atom. The first-order valence-corrected chi connectivity index (χ1v) is 15.6. The van der Waals surface area contributed by atoms with E-state index in [4.69, 9.17) is 19.6 Å². The van der Waals surface area contributed by atoms with Crippen LogP contribution in [0.4, 0.5) is 0 Å².